The van der Waals surface area contributed by atoms with Gasteiger partial charge in [-0.2, -0.15) is 0 Å². The van der Waals surface area contributed by atoms with Crippen LogP contribution < -0.4 is 9.64 Å². The summed E-state index contributed by atoms with van der Waals surface area (Å²) in [5, 5.41) is 2.25. The average molecular weight is 332 g/mol. The number of methoxy groups -OCH3 is 1. The first-order valence-electron chi connectivity index (χ1n) is 8.71. The zero-order valence-corrected chi connectivity index (χ0v) is 15.1. The van der Waals surface area contributed by atoms with E-state index in [-0.39, 0.29) is 0 Å². The second kappa shape index (κ2) is 7.84. The largest absolute Gasteiger partial charge is 0.496 e. The zero-order chi connectivity index (χ0) is 17.6. The normalized spacial score (nSPS) is 11.2. The molecule has 0 aliphatic carbocycles. The van der Waals surface area contributed by atoms with Gasteiger partial charge in [0.1, 0.15) is 5.75 Å². The molecule has 0 N–H and O–H groups in total. The van der Waals surface area contributed by atoms with E-state index in [9.17, 15) is 0 Å². The van der Waals surface area contributed by atoms with Crippen LogP contribution in [0.3, 0.4) is 0 Å². The van der Waals surface area contributed by atoms with Crippen LogP contribution in [0.1, 0.15) is 19.4 Å². The number of nitrogens with zero attached hydrogens (tertiary/aromatic N) is 2. The minimum atomic E-state index is 0.885. The highest BCUT2D eigenvalue weighted by atomic mass is 16.5. The van der Waals surface area contributed by atoms with E-state index >= 15 is 0 Å². The molecule has 25 heavy (non-hydrogen) atoms. The van der Waals surface area contributed by atoms with Crippen molar-refractivity contribution in [3.63, 3.8) is 0 Å². The highest BCUT2D eigenvalue weighted by Crippen LogP contribution is 2.28. The second-order valence-electron chi connectivity index (χ2n) is 5.85. The Hall–Kier alpha value is -2.81. The molecule has 0 aromatic heterocycles. The molecule has 3 aromatic rings. The van der Waals surface area contributed by atoms with Crippen molar-refractivity contribution in [2.75, 3.05) is 25.1 Å². The molecule has 0 aliphatic heterocycles. The van der Waals surface area contributed by atoms with Gasteiger partial charge in [0.05, 0.1) is 12.8 Å². The first kappa shape index (κ1) is 17.0. The van der Waals surface area contributed by atoms with E-state index in [1.807, 2.05) is 24.4 Å². The number of rotatable bonds is 6. The Bertz CT molecular complexity index is 865. The second-order valence-corrected chi connectivity index (χ2v) is 5.85. The van der Waals surface area contributed by atoms with Gasteiger partial charge in [-0.25, -0.2) is 0 Å². The van der Waals surface area contributed by atoms with Gasteiger partial charge >= 0.3 is 0 Å². The highest BCUT2D eigenvalue weighted by Gasteiger charge is 2.04. The Morgan fingerprint density at radius 1 is 0.880 bits per heavy atom. The minimum Gasteiger partial charge on any atom is -0.496 e. The lowest BCUT2D eigenvalue weighted by Gasteiger charge is -2.20. The van der Waals surface area contributed by atoms with E-state index in [0.717, 1.165) is 40.9 Å². The van der Waals surface area contributed by atoms with Gasteiger partial charge in [0, 0.05) is 35.9 Å². The Labute approximate surface area is 149 Å². The third-order valence-corrected chi connectivity index (χ3v) is 4.47. The third kappa shape index (κ3) is 3.66. The predicted molar refractivity (Wildman–Crippen MR) is 108 cm³/mol. The Balaban J connectivity index is 1.89. The number of ether oxygens (including phenoxy) is 1. The molecular formula is C22H24N2O. The average Bonchev–Trinajstić information content (AvgIpc) is 2.68. The Kier molecular flexibility index (Phi) is 5.34. The molecule has 0 saturated heterocycles. The van der Waals surface area contributed by atoms with Crippen LogP contribution in [0.15, 0.2) is 65.7 Å². The lowest BCUT2D eigenvalue weighted by Crippen LogP contribution is -2.21. The molecule has 3 rings (SSSR count). The van der Waals surface area contributed by atoms with Crippen LogP contribution in [-0.2, 0) is 0 Å². The van der Waals surface area contributed by atoms with Crippen molar-refractivity contribution in [3.05, 3.63) is 66.2 Å². The van der Waals surface area contributed by atoms with Gasteiger partial charge in [0.25, 0.3) is 0 Å². The smallest absolute Gasteiger partial charge is 0.126 e. The Morgan fingerprint density at radius 3 is 2.20 bits per heavy atom. The van der Waals surface area contributed by atoms with Crippen molar-refractivity contribution in [3.8, 4) is 5.75 Å². The SMILES string of the molecule is CCN(CC)c1ccc(N=Cc2ccc(OC)c3ccccc23)cc1. The Morgan fingerprint density at radius 2 is 1.56 bits per heavy atom. The highest BCUT2D eigenvalue weighted by molar-refractivity contribution is 6.02. The molecule has 0 spiro atoms. The van der Waals surface area contributed by atoms with Crippen molar-refractivity contribution in [1.82, 2.24) is 0 Å². The summed E-state index contributed by atoms with van der Waals surface area (Å²) in [6.45, 7) is 6.36. The van der Waals surface area contributed by atoms with Crippen molar-refractivity contribution < 1.29 is 4.74 Å². The minimum absolute atomic E-state index is 0.885. The van der Waals surface area contributed by atoms with Gasteiger partial charge in [0.15, 0.2) is 0 Å². The number of anilines is 1. The van der Waals surface area contributed by atoms with Gasteiger partial charge in [-0.1, -0.05) is 24.3 Å². The van der Waals surface area contributed by atoms with E-state index in [1.165, 1.54) is 5.69 Å². The fourth-order valence-electron chi connectivity index (χ4n) is 3.07. The van der Waals surface area contributed by atoms with Crippen LogP contribution in [0.25, 0.3) is 10.8 Å². The third-order valence-electron chi connectivity index (χ3n) is 4.47. The first-order valence-corrected chi connectivity index (χ1v) is 8.71. The number of aliphatic imine (C=N–C) groups is 1. The molecule has 0 heterocycles. The molecule has 0 aliphatic rings. The van der Waals surface area contributed by atoms with Gasteiger partial charge < -0.3 is 9.64 Å². The molecular weight excluding hydrogens is 308 g/mol. The van der Waals surface area contributed by atoms with E-state index < -0.39 is 0 Å². The molecule has 0 radical (unpaired) electrons. The van der Waals surface area contributed by atoms with Crippen molar-refractivity contribution >= 4 is 28.4 Å². The molecule has 0 atom stereocenters. The van der Waals surface area contributed by atoms with Crippen molar-refractivity contribution in [2.24, 2.45) is 4.99 Å². The maximum atomic E-state index is 5.45. The number of hydrogen-bond donors (Lipinski definition) is 0. The van der Waals surface area contributed by atoms with E-state index in [0.29, 0.717) is 0 Å². The van der Waals surface area contributed by atoms with Crippen LogP contribution in [-0.4, -0.2) is 26.4 Å². The number of hydrogen-bond acceptors (Lipinski definition) is 3. The van der Waals surface area contributed by atoms with Gasteiger partial charge in [-0.05, 0) is 55.6 Å². The van der Waals surface area contributed by atoms with Crippen LogP contribution in [0.2, 0.25) is 0 Å². The fourth-order valence-corrected chi connectivity index (χ4v) is 3.07. The molecule has 0 saturated carbocycles. The standard InChI is InChI=1S/C22H24N2O/c1-4-24(5-2)19-13-11-18(12-14-19)23-16-17-10-15-22(25-3)21-9-7-6-8-20(17)21/h6-16H,4-5H2,1-3H3. The maximum Gasteiger partial charge on any atom is 0.126 e. The summed E-state index contributed by atoms with van der Waals surface area (Å²) < 4.78 is 5.45. The molecule has 0 unspecified atom stereocenters. The van der Waals surface area contributed by atoms with Gasteiger partial charge in [0.2, 0.25) is 0 Å². The zero-order valence-electron chi connectivity index (χ0n) is 15.1. The molecule has 128 valence electrons. The lowest BCUT2D eigenvalue weighted by atomic mass is 10.0. The molecule has 3 heteroatoms. The van der Waals surface area contributed by atoms with Crippen LogP contribution in [0.5, 0.6) is 5.75 Å². The van der Waals surface area contributed by atoms with Crippen LogP contribution >= 0.6 is 0 Å². The predicted octanol–water partition coefficient (Wildman–Crippen LogP) is 5.45. The molecule has 0 bridgehead atoms. The summed E-state index contributed by atoms with van der Waals surface area (Å²) in [5.41, 5.74) is 3.28. The molecule has 3 nitrogen and oxygen atoms in total. The quantitative estimate of drug-likeness (QED) is 0.561. The number of benzene rings is 3. The summed E-state index contributed by atoms with van der Waals surface area (Å²) in [5.74, 6) is 0.885. The summed E-state index contributed by atoms with van der Waals surface area (Å²) in [6.07, 6.45) is 1.92. The summed E-state index contributed by atoms with van der Waals surface area (Å²) in [4.78, 5) is 6.97. The molecule has 0 fully saturated rings. The summed E-state index contributed by atoms with van der Waals surface area (Å²) >= 11 is 0. The van der Waals surface area contributed by atoms with E-state index in [4.69, 9.17) is 4.74 Å². The van der Waals surface area contributed by atoms with Gasteiger partial charge in [-0.3, -0.25) is 4.99 Å². The molecule has 3 aromatic carbocycles. The molecule has 0 amide bonds. The maximum absolute atomic E-state index is 5.45. The summed E-state index contributed by atoms with van der Waals surface area (Å²) in [7, 11) is 1.70. The van der Waals surface area contributed by atoms with Gasteiger partial charge in [-0.15, -0.1) is 0 Å². The van der Waals surface area contributed by atoms with Crippen molar-refractivity contribution in [1.29, 1.82) is 0 Å². The topological polar surface area (TPSA) is 24.8 Å². The van der Waals surface area contributed by atoms with E-state index in [2.05, 4.69) is 66.2 Å². The summed E-state index contributed by atoms with van der Waals surface area (Å²) in [6, 6.07) is 20.7. The van der Waals surface area contributed by atoms with E-state index in [1.54, 1.807) is 7.11 Å². The van der Waals surface area contributed by atoms with Crippen molar-refractivity contribution in [2.45, 2.75) is 13.8 Å². The van der Waals surface area contributed by atoms with Crippen LogP contribution in [0.4, 0.5) is 11.4 Å². The number of fused-ring (bicyclic) bond motifs is 1. The fraction of sp³-hybridized carbons (Fsp3) is 0.227. The lowest BCUT2D eigenvalue weighted by molar-refractivity contribution is 0.420. The van der Waals surface area contributed by atoms with Crippen LogP contribution in [0, 0.1) is 0 Å². The first-order chi connectivity index (χ1) is 12.3. The monoisotopic (exact) mass is 332 g/mol.